The second-order valence-corrected chi connectivity index (χ2v) is 6.80. The maximum atomic E-state index is 11.6. The Kier molecular flexibility index (Phi) is 8.05. The number of hydrogen-bond acceptors (Lipinski definition) is 3. The number of hydrogen-bond donors (Lipinski definition) is 2. The molecule has 0 fully saturated rings. The Morgan fingerprint density at radius 2 is 2.05 bits per heavy atom. The van der Waals surface area contributed by atoms with Crippen molar-refractivity contribution in [1.29, 1.82) is 0 Å². The molecule has 0 bridgehead atoms. The Morgan fingerprint density at radius 1 is 1.36 bits per heavy atom. The molecule has 6 unspecified atom stereocenters. The van der Waals surface area contributed by atoms with E-state index in [4.69, 9.17) is 0 Å². The summed E-state index contributed by atoms with van der Waals surface area (Å²) in [4.78, 5) is 11.6. The Balaban J connectivity index is 2.60. The van der Waals surface area contributed by atoms with E-state index >= 15 is 0 Å². The summed E-state index contributed by atoms with van der Waals surface area (Å²) in [5.41, 5.74) is 0. The van der Waals surface area contributed by atoms with Gasteiger partial charge in [-0.2, -0.15) is 0 Å². The molecule has 0 radical (unpaired) electrons. The number of allylic oxidation sites excluding steroid dienone is 4. The Morgan fingerprint density at radius 3 is 2.64 bits per heavy atom. The second kappa shape index (κ2) is 9.26. The summed E-state index contributed by atoms with van der Waals surface area (Å²) in [6, 6.07) is 0. The lowest BCUT2D eigenvalue weighted by atomic mass is 9.75. The van der Waals surface area contributed by atoms with Gasteiger partial charge in [-0.05, 0) is 50.0 Å². The first-order chi connectivity index (χ1) is 10.4. The van der Waals surface area contributed by atoms with Crippen LogP contribution in [0.15, 0.2) is 24.3 Å². The fourth-order valence-corrected chi connectivity index (χ4v) is 3.35. The van der Waals surface area contributed by atoms with Crippen LogP contribution in [-0.4, -0.2) is 28.2 Å². The molecule has 2 N–H and O–H groups in total. The van der Waals surface area contributed by atoms with Crippen molar-refractivity contribution < 1.29 is 15.0 Å². The highest BCUT2D eigenvalue weighted by Gasteiger charge is 2.32. The van der Waals surface area contributed by atoms with Crippen LogP contribution in [0.1, 0.15) is 53.4 Å². The van der Waals surface area contributed by atoms with E-state index in [1.54, 1.807) is 6.08 Å². The average Bonchev–Trinajstić information content (AvgIpc) is 2.51. The van der Waals surface area contributed by atoms with Crippen molar-refractivity contribution in [3.63, 3.8) is 0 Å². The van der Waals surface area contributed by atoms with Crippen molar-refractivity contribution >= 4 is 5.78 Å². The molecule has 3 heteroatoms. The van der Waals surface area contributed by atoms with E-state index < -0.39 is 12.2 Å². The fourth-order valence-electron chi connectivity index (χ4n) is 3.35. The number of aliphatic hydroxyl groups is 2. The van der Waals surface area contributed by atoms with E-state index in [-0.39, 0.29) is 23.5 Å². The van der Waals surface area contributed by atoms with Crippen LogP contribution >= 0.6 is 0 Å². The third-order valence-corrected chi connectivity index (χ3v) is 5.09. The molecule has 0 saturated carbocycles. The Hall–Kier alpha value is -0.930. The van der Waals surface area contributed by atoms with E-state index in [0.29, 0.717) is 18.8 Å². The van der Waals surface area contributed by atoms with Gasteiger partial charge in [0, 0.05) is 12.3 Å². The van der Waals surface area contributed by atoms with Crippen LogP contribution in [0.25, 0.3) is 0 Å². The SMILES string of the molecule is C/C=C/CC(C)C(O)C(C)C(O)CC1CC(=O)C=CC1CC. The minimum absolute atomic E-state index is 0.121. The van der Waals surface area contributed by atoms with E-state index in [1.165, 1.54) is 0 Å². The maximum Gasteiger partial charge on any atom is 0.155 e. The first-order valence-electron chi connectivity index (χ1n) is 8.58. The molecule has 1 rings (SSSR count). The van der Waals surface area contributed by atoms with Gasteiger partial charge in [0.25, 0.3) is 0 Å². The predicted octanol–water partition coefficient (Wildman–Crippen LogP) is 3.51. The van der Waals surface area contributed by atoms with Crippen molar-refractivity contribution in [2.45, 2.75) is 65.6 Å². The third-order valence-electron chi connectivity index (χ3n) is 5.09. The number of ketones is 1. The number of aliphatic hydroxyl groups excluding tert-OH is 2. The fraction of sp³-hybridized carbons (Fsp3) is 0.737. The molecule has 1 aliphatic carbocycles. The van der Waals surface area contributed by atoms with Crippen molar-refractivity contribution in [2.24, 2.45) is 23.7 Å². The van der Waals surface area contributed by atoms with Crippen LogP contribution in [-0.2, 0) is 4.79 Å². The standard InChI is InChI=1S/C19H32O3/c1-5-7-8-13(3)19(22)14(4)18(21)12-16-11-17(20)10-9-15(16)6-2/h5,7,9-10,13-16,18-19,21-22H,6,8,11-12H2,1-4H3/b7-5+. The Labute approximate surface area is 135 Å². The zero-order valence-corrected chi connectivity index (χ0v) is 14.4. The van der Waals surface area contributed by atoms with Gasteiger partial charge in [-0.25, -0.2) is 0 Å². The summed E-state index contributed by atoms with van der Waals surface area (Å²) < 4.78 is 0. The first-order valence-corrected chi connectivity index (χ1v) is 8.58. The molecule has 126 valence electrons. The van der Waals surface area contributed by atoms with Gasteiger partial charge in [-0.3, -0.25) is 4.79 Å². The van der Waals surface area contributed by atoms with Gasteiger partial charge in [0.1, 0.15) is 0 Å². The molecule has 0 aromatic carbocycles. The molecule has 0 saturated heterocycles. The lowest BCUT2D eigenvalue weighted by molar-refractivity contribution is -0.116. The van der Waals surface area contributed by atoms with Gasteiger partial charge < -0.3 is 10.2 Å². The zero-order valence-electron chi connectivity index (χ0n) is 14.4. The zero-order chi connectivity index (χ0) is 16.7. The smallest absolute Gasteiger partial charge is 0.155 e. The summed E-state index contributed by atoms with van der Waals surface area (Å²) in [6.07, 6.45) is 9.50. The predicted molar refractivity (Wildman–Crippen MR) is 90.4 cm³/mol. The molecular formula is C19H32O3. The van der Waals surface area contributed by atoms with E-state index in [0.717, 1.165) is 12.8 Å². The lowest BCUT2D eigenvalue weighted by Gasteiger charge is -2.33. The number of carbonyl (C=O) groups excluding carboxylic acids is 1. The molecule has 0 aliphatic heterocycles. The quantitative estimate of drug-likeness (QED) is 0.675. The molecule has 0 spiro atoms. The van der Waals surface area contributed by atoms with Crippen LogP contribution in [0.4, 0.5) is 0 Å². The van der Waals surface area contributed by atoms with Gasteiger partial charge in [0.05, 0.1) is 12.2 Å². The third kappa shape index (κ3) is 5.36. The van der Waals surface area contributed by atoms with Gasteiger partial charge in [0.2, 0.25) is 0 Å². The van der Waals surface area contributed by atoms with Crippen molar-refractivity contribution in [2.75, 3.05) is 0 Å². The Bertz CT molecular complexity index is 399. The summed E-state index contributed by atoms with van der Waals surface area (Å²) in [6.45, 7) is 8.00. The highest BCUT2D eigenvalue weighted by molar-refractivity contribution is 5.90. The van der Waals surface area contributed by atoms with Crippen LogP contribution in [0, 0.1) is 23.7 Å². The minimum atomic E-state index is -0.568. The van der Waals surface area contributed by atoms with Crippen LogP contribution in [0.2, 0.25) is 0 Å². The average molecular weight is 308 g/mol. The minimum Gasteiger partial charge on any atom is -0.393 e. The second-order valence-electron chi connectivity index (χ2n) is 6.80. The van der Waals surface area contributed by atoms with E-state index in [2.05, 4.69) is 6.92 Å². The van der Waals surface area contributed by atoms with Crippen molar-refractivity contribution in [3.8, 4) is 0 Å². The molecule has 1 aliphatic rings. The number of carbonyl (C=O) groups is 1. The topological polar surface area (TPSA) is 57.5 Å². The van der Waals surface area contributed by atoms with Gasteiger partial charge in [-0.1, -0.05) is 39.0 Å². The van der Waals surface area contributed by atoms with Gasteiger partial charge >= 0.3 is 0 Å². The normalized spacial score (nSPS) is 27.8. The van der Waals surface area contributed by atoms with Crippen LogP contribution in [0.3, 0.4) is 0 Å². The van der Waals surface area contributed by atoms with Crippen LogP contribution < -0.4 is 0 Å². The summed E-state index contributed by atoms with van der Waals surface area (Å²) >= 11 is 0. The largest absolute Gasteiger partial charge is 0.393 e. The summed E-state index contributed by atoms with van der Waals surface area (Å²) in [7, 11) is 0. The molecule has 3 nitrogen and oxygen atoms in total. The molecule has 0 aromatic heterocycles. The molecule has 0 amide bonds. The highest BCUT2D eigenvalue weighted by atomic mass is 16.3. The van der Waals surface area contributed by atoms with Crippen molar-refractivity contribution in [3.05, 3.63) is 24.3 Å². The molecule has 0 heterocycles. The van der Waals surface area contributed by atoms with Crippen molar-refractivity contribution in [1.82, 2.24) is 0 Å². The summed E-state index contributed by atoms with van der Waals surface area (Å²) in [5.74, 6) is 0.640. The molecule has 0 aromatic rings. The van der Waals surface area contributed by atoms with Crippen LogP contribution in [0.5, 0.6) is 0 Å². The lowest BCUT2D eigenvalue weighted by Crippen LogP contribution is -2.36. The molecular weight excluding hydrogens is 276 g/mol. The highest BCUT2D eigenvalue weighted by Crippen LogP contribution is 2.32. The molecule has 22 heavy (non-hydrogen) atoms. The maximum absolute atomic E-state index is 11.6. The van der Waals surface area contributed by atoms with E-state index in [9.17, 15) is 15.0 Å². The summed E-state index contributed by atoms with van der Waals surface area (Å²) in [5, 5.41) is 20.9. The van der Waals surface area contributed by atoms with E-state index in [1.807, 2.05) is 39.0 Å². The van der Waals surface area contributed by atoms with Gasteiger partial charge in [-0.15, -0.1) is 0 Å². The number of rotatable bonds is 8. The first kappa shape index (κ1) is 19.1. The molecule has 6 atom stereocenters. The van der Waals surface area contributed by atoms with Gasteiger partial charge in [0.15, 0.2) is 5.78 Å². The monoisotopic (exact) mass is 308 g/mol.